The van der Waals surface area contributed by atoms with Crippen LogP contribution in [0.5, 0.6) is 11.5 Å². The van der Waals surface area contributed by atoms with Crippen LogP contribution in [-0.4, -0.2) is 57.9 Å². The fourth-order valence-corrected chi connectivity index (χ4v) is 5.62. The molecule has 2 aromatic carbocycles. The van der Waals surface area contributed by atoms with Crippen molar-refractivity contribution in [1.82, 2.24) is 10.4 Å². The number of rotatable bonds is 9. The highest BCUT2D eigenvalue weighted by atomic mass is 35.5. The fourth-order valence-electron chi connectivity index (χ4n) is 5.43. The number of methoxy groups -OCH3 is 1. The molecule has 1 N–H and O–H groups in total. The third-order valence-electron chi connectivity index (χ3n) is 7.41. The Labute approximate surface area is 209 Å². The quantitative estimate of drug-likeness (QED) is 0.382. The van der Waals surface area contributed by atoms with Crippen LogP contribution < -0.4 is 19.9 Å². The molecule has 2 aliphatic rings. The van der Waals surface area contributed by atoms with Gasteiger partial charge in [-0.2, -0.15) is 0 Å². The van der Waals surface area contributed by atoms with Crippen molar-refractivity contribution in [2.75, 3.05) is 51.9 Å². The van der Waals surface area contributed by atoms with Crippen LogP contribution in [0.4, 0.5) is 5.69 Å². The van der Waals surface area contributed by atoms with Gasteiger partial charge in [0.2, 0.25) is 0 Å². The number of hydrogen-bond acceptors (Lipinski definition) is 6. The molecule has 2 heterocycles. The van der Waals surface area contributed by atoms with Gasteiger partial charge in [-0.3, -0.25) is 4.90 Å². The SMILES string of the molecule is CONCCCOc1ccc([C@H]2CCCC3CN(c4ccc(Cl)c(OC)c4)CCN32)c(C)c1C. The highest BCUT2D eigenvalue weighted by molar-refractivity contribution is 6.32. The zero-order valence-corrected chi connectivity index (χ0v) is 21.7. The Balaban J connectivity index is 1.44. The van der Waals surface area contributed by atoms with Crippen LogP contribution >= 0.6 is 11.6 Å². The molecular weight excluding hydrogens is 450 g/mol. The third kappa shape index (κ3) is 5.46. The van der Waals surface area contributed by atoms with Crippen LogP contribution in [0, 0.1) is 13.8 Å². The molecule has 0 aromatic heterocycles. The zero-order chi connectivity index (χ0) is 24.1. The Bertz CT molecular complexity index is 970. The molecule has 0 bridgehead atoms. The largest absolute Gasteiger partial charge is 0.495 e. The number of benzene rings is 2. The van der Waals surface area contributed by atoms with Gasteiger partial charge in [0.05, 0.1) is 25.8 Å². The van der Waals surface area contributed by atoms with Crippen molar-refractivity contribution in [1.29, 1.82) is 0 Å². The number of hydroxylamine groups is 1. The summed E-state index contributed by atoms with van der Waals surface area (Å²) in [6.07, 6.45) is 4.62. The molecular formula is C27H38ClN3O3. The first-order valence-electron chi connectivity index (χ1n) is 12.4. The number of anilines is 1. The van der Waals surface area contributed by atoms with E-state index in [0.29, 0.717) is 23.7 Å². The van der Waals surface area contributed by atoms with Gasteiger partial charge in [-0.15, -0.1) is 0 Å². The smallest absolute Gasteiger partial charge is 0.139 e. The first-order valence-corrected chi connectivity index (χ1v) is 12.7. The molecule has 6 nitrogen and oxygen atoms in total. The number of nitrogens with zero attached hydrogens (tertiary/aromatic N) is 2. The topological polar surface area (TPSA) is 46.2 Å². The van der Waals surface area contributed by atoms with Crippen LogP contribution in [0.3, 0.4) is 0 Å². The lowest BCUT2D eigenvalue weighted by molar-refractivity contribution is 0.0712. The van der Waals surface area contributed by atoms with Gasteiger partial charge in [0.25, 0.3) is 0 Å². The van der Waals surface area contributed by atoms with Crippen molar-refractivity contribution >= 4 is 17.3 Å². The van der Waals surface area contributed by atoms with E-state index >= 15 is 0 Å². The Kier molecular flexibility index (Phi) is 8.59. The molecule has 0 aliphatic carbocycles. The summed E-state index contributed by atoms with van der Waals surface area (Å²) in [5.41, 5.74) is 8.13. The van der Waals surface area contributed by atoms with Crippen molar-refractivity contribution in [3.63, 3.8) is 0 Å². The molecule has 1 unspecified atom stereocenters. The van der Waals surface area contributed by atoms with Crippen LogP contribution in [0.15, 0.2) is 30.3 Å². The van der Waals surface area contributed by atoms with E-state index in [-0.39, 0.29) is 0 Å². The first-order chi connectivity index (χ1) is 16.5. The van der Waals surface area contributed by atoms with E-state index in [0.717, 1.165) is 44.1 Å². The van der Waals surface area contributed by atoms with Crippen LogP contribution in [0.25, 0.3) is 0 Å². The number of ether oxygens (including phenoxy) is 2. The maximum atomic E-state index is 6.25. The lowest BCUT2D eigenvalue weighted by atomic mass is 9.86. The van der Waals surface area contributed by atoms with E-state index < -0.39 is 0 Å². The maximum absolute atomic E-state index is 6.25. The molecule has 4 rings (SSSR count). The summed E-state index contributed by atoms with van der Waals surface area (Å²) in [5.74, 6) is 1.74. The minimum absolute atomic E-state index is 0.472. The molecule has 0 radical (unpaired) electrons. The van der Waals surface area contributed by atoms with E-state index in [1.54, 1.807) is 14.2 Å². The molecule has 2 saturated heterocycles. The van der Waals surface area contributed by atoms with E-state index in [4.69, 9.17) is 25.9 Å². The predicted octanol–water partition coefficient (Wildman–Crippen LogP) is 5.30. The van der Waals surface area contributed by atoms with Crippen molar-refractivity contribution < 1.29 is 14.3 Å². The second-order valence-corrected chi connectivity index (χ2v) is 9.71. The summed E-state index contributed by atoms with van der Waals surface area (Å²) >= 11 is 6.25. The molecule has 2 aromatic rings. The van der Waals surface area contributed by atoms with E-state index in [1.807, 2.05) is 6.07 Å². The number of halogens is 1. The van der Waals surface area contributed by atoms with Crippen LogP contribution in [-0.2, 0) is 4.84 Å². The average molecular weight is 488 g/mol. The third-order valence-corrected chi connectivity index (χ3v) is 7.72. The van der Waals surface area contributed by atoms with Gasteiger partial charge in [0, 0.05) is 50.0 Å². The van der Waals surface area contributed by atoms with Gasteiger partial charge < -0.3 is 19.2 Å². The molecule has 2 aliphatic heterocycles. The Morgan fingerprint density at radius 3 is 2.68 bits per heavy atom. The predicted molar refractivity (Wildman–Crippen MR) is 138 cm³/mol. The van der Waals surface area contributed by atoms with Crippen LogP contribution in [0.2, 0.25) is 5.02 Å². The number of piperidine rings is 1. The normalized spacial score (nSPS) is 20.8. The van der Waals surface area contributed by atoms with Gasteiger partial charge in [0.1, 0.15) is 11.5 Å². The number of nitrogens with one attached hydrogen (secondary N) is 1. The van der Waals surface area contributed by atoms with Gasteiger partial charge in [0.15, 0.2) is 0 Å². The van der Waals surface area contributed by atoms with Crippen molar-refractivity contribution in [2.45, 2.75) is 51.6 Å². The fraction of sp³-hybridized carbons (Fsp3) is 0.556. The van der Waals surface area contributed by atoms with E-state index in [9.17, 15) is 0 Å². The zero-order valence-electron chi connectivity index (χ0n) is 20.9. The summed E-state index contributed by atoms with van der Waals surface area (Å²) < 4.78 is 11.5. The molecule has 0 spiro atoms. The molecule has 0 amide bonds. The van der Waals surface area contributed by atoms with Gasteiger partial charge in [-0.1, -0.05) is 17.7 Å². The lowest BCUT2D eigenvalue weighted by Crippen LogP contribution is -2.56. The Morgan fingerprint density at radius 2 is 1.88 bits per heavy atom. The van der Waals surface area contributed by atoms with Crippen molar-refractivity contribution in [2.24, 2.45) is 0 Å². The Morgan fingerprint density at radius 1 is 1.03 bits per heavy atom. The van der Waals surface area contributed by atoms with E-state index in [1.165, 1.54) is 41.6 Å². The van der Waals surface area contributed by atoms with Crippen molar-refractivity contribution in [3.05, 3.63) is 52.0 Å². The molecule has 0 saturated carbocycles. The summed E-state index contributed by atoms with van der Waals surface area (Å²) in [7, 11) is 3.31. The molecule has 2 atom stereocenters. The molecule has 2 fully saturated rings. The molecule has 34 heavy (non-hydrogen) atoms. The average Bonchev–Trinajstić information content (AvgIpc) is 2.86. The van der Waals surface area contributed by atoms with Crippen LogP contribution in [0.1, 0.15) is 48.4 Å². The molecule has 7 heteroatoms. The highest BCUT2D eigenvalue weighted by Crippen LogP contribution is 2.40. The minimum Gasteiger partial charge on any atom is -0.495 e. The van der Waals surface area contributed by atoms with Gasteiger partial charge in [-0.05, 0) is 74.4 Å². The standard InChI is InChI=1S/C27H38ClN3O3/c1-19-20(2)26(34-16-6-13-29-33-4)12-10-23(19)25-8-5-7-22-18-30(14-15-31(22)25)21-9-11-24(28)27(17-21)32-3/h9-12,17,22,25,29H,5-8,13-16,18H2,1-4H3/t22?,25-/m1/s1. The van der Waals surface area contributed by atoms with E-state index in [2.05, 4.69) is 53.4 Å². The van der Waals surface area contributed by atoms with Gasteiger partial charge in [-0.25, -0.2) is 5.48 Å². The summed E-state index contributed by atoms with van der Waals surface area (Å²) in [4.78, 5) is 10.1. The second-order valence-electron chi connectivity index (χ2n) is 9.31. The summed E-state index contributed by atoms with van der Waals surface area (Å²) in [6.45, 7) is 9.01. The number of hydrogen-bond donors (Lipinski definition) is 1. The molecule has 186 valence electrons. The summed E-state index contributed by atoms with van der Waals surface area (Å²) in [5, 5.41) is 0.660. The highest BCUT2D eigenvalue weighted by Gasteiger charge is 2.36. The Hall–Kier alpha value is -1.99. The van der Waals surface area contributed by atoms with Gasteiger partial charge >= 0.3 is 0 Å². The van der Waals surface area contributed by atoms with Crippen molar-refractivity contribution in [3.8, 4) is 11.5 Å². The number of fused-ring (bicyclic) bond motifs is 1. The number of piperazine rings is 1. The maximum Gasteiger partial charge on any atom is 0.139 e. The second kappa shape index (κ2) is 11.6. The lowest BCUT2D eigenvalue weighted by Gasteiger charge is -2.49. The monoisotopic (exact) mass is 487 g/mol. The summed E-state index contributed by atoms with van der Waals surface area (Å²) in [6, 6.07) is 11.6. The first kappa shape index (κ1) is 25.1. The minimum atomic E-state index is 0.472.